The Morgan fingerprint density at radius 1 is 0.710 bits per heavy atom. The molecule has 0 fully saturated rings. The first-order valence-corrected chi connectivity index (χ1v) is 9.12. The van der Waals surface area contributed by atoms with Crippen LogP contribution < -0.4 is 0 Å². The van der Waals surface area contributed by atoms with Gasteiger partial charge < -0.3 is 5.11 Å². The summed E-state index contributed by atoms with van der Waals surface area (Å²) in [5.41, 5.74) is -8.78. The number of aromatic nitrogens is 1. The lowest BCUT2D eigenvalue weighted by atomic mass is 9.94. The Bertz CT molecular complexity index is 1050. The van der Waals surface area contributed by atoms with Gasteiger partial charge in [-0.3, -0.25) is 0 Å². The molecule has 1 N–H and O–H groups in total. The van der Waals surface area contributed by atoms with E-state index < -0.39 is 102 Å². The van der Waals surface area contributed by atoms with E-state index in [0.717, 1.165) is 0 Å². The van der Waals surface area contributed by atoms with Crippen LogP contribution in [0.3, 0.4) is 0 Å². The summed E-state index contributed by atoms with van der Waals surface area (Å²) in [6.45, 7) is 0. The van der Waals surface area contributed by atoms with Crippen LogP contribution in [0.1, 0.15) is 5.56 Å². The number of alkyl halides is 3. The highest BCUT2D eigenvalue weighted by Crippen LogP contribution is 2.56. The van der Waals surface area contributed by atoms with Crippen molar-refractivity contribution in [2.45, 2.75) is 15.9 Å². The molecule has 2 rings (SSSR count). The van der Waals surface area contributed by atoms with Gasteiger partial charge in [-0.05, 0) is 21.6 Å². The maximum absolute atomic E-state index is 14.8. The fourth-order valence-electron chi connectivity index (χ4n) is 1.96. The molecule has 17 heteroatoms. The topological polar surface area (TPSA) is 50.2 Å². The lowest BCUT2D eigenvalue weighted by Gasteiger charge is -2.29. The number of pyridine rings is 1. The molecule has 2 aromatic rings. The summed E-state index contributed by atoms with van der Waals surface area (Å²) < 4.78 is 163. The van der Waals surface area contributed by atoms with Crippen molar-refractivity contribution in [1.82, 2.24) is 4.98 Å². The Morgan fingerprint density at radius 2 is 1.13 bits per heavy atom. The van der Waals surface area contributed by atoms with Crippen molar-refractivity contribution in [2.24, 2.45) is 0 Å². The Balaban J connectivity index is 2.61. The van der Waals surface area contributed by atoms with Crippen LogP contribution >= 0.6 is 21.6 Å². The molecule has 1 atom stereocenters. The second kappa shape index (κ2) is 8.33. The van der Waals surface area contributed by atoms with Crippen molar-refractivity contribution in [3.05, 3.63) is 58.0 Å². The Kier molecular flexibility index (Phi) is 6.71. The fraction of sp³-hybridized carbons (Fsp3) is 0.143. The van der Waals surface area contributed by atoms with Crippen LogP contribution in [-0.4, -0.2) is 21.3 Å². The summed E-state index contributed by atoms with van der Waals surface area (Å²) in [5.74, 6) is -28.5. The summed E-state index contributed by atoms with van der Waals surface area (Å²) >= 11 is 0. The van der Waals surface area contributed by atoms with E-state index >= 15 is 0 Å². The van der Waals surface area contributed by atoms with Gasteiger partial charge in [0.25, 0.3) is 5.95 Å². The highest BCUT2D eigenvalue weighted by atomic mass is 33.1. The highest BCUT2D eigenvalue weighted by molar-refractivity contribution is 8.77. The predicted octanol–water partition coefficient (Wildman–Crippen LogP) is 5.62. The normalized spacial score (nSPS) is 13.9. The number of rotatable bonds is 6. The molecular weight excluding hydrogens is 506 g/mol. The highest BCUT2D eigenvalue weighted by Gasteiger charge is 2.66. The van der Waals surface area contributed by atoms with Gasteiger partial charge in [-0.1, -0.05) is 0 Å². The zero-order valence-corrected chi connectivity index (χ0v) is 15.3. The first-order valence-electron chi connectivity index (χ1n) is 6.97. The Hall–Kier alpha value is -2.30. The summed E-state index contributed by atoms with van der Waals surface area (Å²) in [6, 6.07) is 0. The molecule has 0 aliphatic rings. The van der Waals surface area contributed by atoms with Crippen LogP contribution in [-0.2, 0) is 10.5 Å². The molecule has 31 heavy (non-hydrogen) atoms. The molecule has 1 aromatic heterocycles. The van der Waals surface area contributed by atoms with Gasteiger partial charge in [-0.2, -0.15) is 17.6 Å². The number of aliphatic carboxylic acids is 1. The fourth-order valence-corrected chi connectivity index (χ4v) is 3.95. The van der Waals surface area contributed by atoms with E-state index in [1.807, 2.05) is 0 Å². The first-order chi connectivity index (χ1) is 14.1. The number of benzene rings is 1. The summed E-state index contributed by atoms with van der Waals surface area (Å²) in [5, 5.41) is 1.36. The molecule has 1 heterocycles. The van der Waals surface area contributed by atoms with Gasteiger partial charge >= 0.3 is 16.9 Å². The van der Waals surface area contributed by atoms with Crippen molar-refractivity contribution < 1.29 is 62.6 Å². The minimum atomic E-state index is -5.70. The second-order valence-corrected chi connectivity index (χ2v) is 7.47. The molecule has 1 aromatic carbocycles. The molecular formula is C14HF12NO2S2. The number of carboxylic acid groups (broad SMARTS) is 1. The van der Waals surface area contributed by atoms with Crippen molar-refractivity contribution in [1.29, 1.82) is 0 Å². The molecule has 3 nitrogen and oxygen atoms in total. The van der Waals surface area contributed by atoms with Crippen LogP contribution in [0, 0.1) is 52.5 Å². The van der Waals surface area contributed by atoms with Gasteiger partial charge in [0.05, 0.1) is 5.56 Å². The van der Waals surface area contributed by atoms with Crippen LogP contribution in [0.2, 0.25) is 0 Å². The molecule has 170 valence electrons. The quantitative estimate of drug-likeness (QED) is 0.181. The minimum Gasteiger partial charge on any atom is -0.478 e. The van der Waals surface area contributed by atoms with E-state index in [2.05, 4.69) is 4.98 Å². The van der Waals surface area contributed by atoms with Crippen LogP contribution in [0.5, 0.6) is 0 Å². The summed E-state index contributed by atoms with van der Waals surface area (Å²) in [6.07, 6.45) is 0. The third kappa shape index (κ3) is 3.88. The van der Waals surface area contributed by atoms with Crippen LogP contribution in [0.15, 0.2) is 5.03 Å². The molecule has 0 aliphatic heterocycles. The number of hydrogen-bond acceptors (Lipinski definition) is 4. The van der Waals surface area contributed by atoms with E-state index in [0.29, 0.717) is 0 Å². The smallest absolute Gasteiger partial charge is 0.354 e. The molecule has 0 radical (unpaired) electrons. The third-order valence-electron chi connectivity index (χ3n) is 3.43. The zero-order valence-electron chi connectivity index (χ0n) is 13.7. The molecule has 0 spiro atoms. The van der Waals surface area contributed by atoms with Crippen molar-refractivity contribution >= 4 is 27.6 Å². The van der Waals surface area contributed by atoms with Gasteiger partial charge in [0.2, 0.25) is 17.5 Å². The molecule has 0 amide bonds. The SMILES string of the molecule is O=C(O)C(F)(c1c(F)c(F)c(F)c(F)c1F)C(F)(F)SSc1nc(F)c(F)c(F)c1F. The maximum Gasteiger partial charge on any atom is 0.354 e. The summed E-state index contributed by atoms with van der Waals surface area (Å²) in [4.78, 5) is 13.5. The van der Waals surface area contributed by atoms with Gasteiger partial charge in [-0.15, -0.1) is 0 Å². The number of hydrogen-bond donors (Lipinski definition) is 1. The molecule has 0 aliphatic carbocycles. The average molecular weight is 507 g/mol. The molecule has 0 saturated carbocycles. The zero-order chi connectivity index (χ0) is 24.0. The monoisotopic (exact) mass is 507 g/mol. The predicted molar refractivity (Wildman–Crippen MR) is 79.1 cm³/mol. The van der Waals surface area contributed by atoms with E-state index in [-0.39, 0.29) is 0 Å². The Labute approximate surface area is 169 Å². The number of halogens is 12. The van der Waals surface area contributed by atoms with Gasteiger partial charge in [0.15, 0.2) is 29.1 Å². The van der Waals surface area contributed by atoms with Crippen LogP contribution in [0.4, 0.5) is 52.7 Å². The molecule has 0 saturated heterocycles. The second-order valence-electron chi connectivity index (χ2n) is 5.24. The average Bonchev–Trinajstić information content (AvgIpc) is 2.70. The number of carbonyl (C=O) groups is 1. The Morgan fingerprint density at radius 3 is 1.58 bits per heavy atom. The van der Waals surface area contributed by atoms with Gasteiger partial charge in [0.1, 0.15) is 5.03 Å². The van der Waals surface area contributed by atoms with Gasteiger partial charge in [-0.25, -0.2) is 44.9 Å². The van der Waals surface area contributed by atoms with Crippen LogP contribution in [0.25, 0.3) is 0 Å². The first kappa shape index (κ1) is 25.0. The van der Waals surface area contributed by atoms with Crippen molar-refractivity contribution in [3.63, 3.8) is 0 Å². The molecule has 0 bridgehead atoms. The lowest BCUT2D eigenvalue weighted by Crippen LogP contribution is -2.47. The maximum atomic E-state index is 14.8. The number of carboxylic acids is 1. The van der Waals surface area contributed by atoms with E-state index in [1.54, 1.807) is 0 Å². The van der Waals surface area contributed by atoms with Crippen molar-refractivity contribution in [3.8, 4) is 0 Å². The summed E-state index contributed by atoms with van der Waals surface area (Å²) in [7, 11) is -2.39. The lowest BCUT2D eigenvalue weighted by molar-refractivity contribution is -0.169. The van der Waals surface area contributed by atoms with E-state index in [1.165, 1.54) is 0 Å². The van der Waals surface area contributed by atoms with E-state index in [9.17, 15) is 57.5 Å². The van der Waals surface area contributed by atoms with Gasteiger partial charge in [0, 0.05) is 0 Å². The van der Waals surface area contributed by atoms with Crippen molar-refractivity contribution in [2.75, 3.05) is 0 Å². The largest absolute Gasteiger partial charge is 0.478 e. The number of nitrogens with zero attached hydrogens (tertiary/aromatic N) is 1. The minimum absolute atomic E-state index is 0.923. The molecule has 1 unspecified atom stereocenters. The van der Waals surface area contributed by atoms with E-state index in [4.69, 9.17) is 5.11 Å². The third-order valence-corrected chi connectivity index (χ3v) is 5.78. The standard InChI is InChI=1S/C14HF12NO2S2/c15-2-1(3(16)5(18)6(19)4(2)17)13(24,12(28)29)14(25,26)31-30-11-9(22)7(20)8(21)10(23)27-11/h(H,28,29).